The van der Waals surface area contributed by atoms with Crippen molar-refractivity contribution in [2.45, 2.75) is 19.4 Å². The molecule has 1 aromatic heterocycles. The third-order valence-electron chi connectivity index (χ3n) is 3.72. The summed E-state index contributed by atoms with van der Waals surface area (Å²) in [7, 11) is -3.86. The number of carbonyl (C=O) groups excluding carboxylic acids is 1. The maximum absolute atomic E-state index is 12.3. The number of carbonyl (C=O) groups is 1. The minimum Gasteiger partial charge on any atom is -0.490 e. The maximum Gasteiger partial charge on any atom is 0.344 e. The van der Waals surface area contributed by atoms with Crippen LogP contribution in [0.4, 0.5) is 5.69 Å². The van der Waals surface area contributed by atoms with Gasteiger partial charge >= 0.3 is 10.2 Å². The summed E-state index contributed by atoms with van der Waals surface area (Å²) in [6.07, 6.45) is 3.08. The number of hydrogen-bond donors (Lipinski definition) is 3. The normalized spacial score (nSPS) is 15.1. The molecule has 0 bridgehead atoms. The number of ether oxygens (including phenoxy) is 1. The van der Waals surface area contributed by atoms with Gasteiger partial charge in [0, 0.05) is 18.0 Å². The Bertz CT molecular complexity index is 1000. The van der Waals surface area contributed by atoms with Gasteiger partial charge in [0.25, 0.3) is 5.91 Å². The average molecular weight is 389 g/mol. The van der Waals surface area contributed by atoms with E-state index < -0.39 is 15.7 Å². The Labute approximate surface area is 156 Å². The molecule has 27 heavy (non-hydrogen) atoms. The van der Waals surface area contributed by atoms with Crippen LogP contribution in [-0.4, -0.2) is 37.3 Å². The summed E-state index contributed by atoms with van der Waals surface area (Å²) in [6.45, 7) is 3.74. The molecule has 1 aliphatic heterocycles. The van der Waals surface area contributed by atoms with Gasteiger partial charge in [0.1, 0.15) is 12.4 Å². The van der Waals surface area contributed by atoms with Crippen LogP contribution in [0.5, 0.6) is 5.75 Å². The summed E-state index contributed by atoms with van der Waals surface area (Å²) in [5.74, 6) is -0.0460. The lowest BCUT2D eigenvalue weighted by Crippen LogP contribution is -2.48. The largest absolute Gasteiger partial charge is 0.490 e. The Morgan fingerprint density at radius 2 is 1.96 bits per heavy atom. The highest BCUT2D eigenvalue weighted by molar-refractivity contribution is 7.91. The summed E-state index contributed by atoms with van der Waals surface area (Å²) in [5, 5.41) is 2.88. The lowest BCUT2D eigenvalue weighted by Gasteiger charge is -2.27. The molecule has 0 fully saturated rings. The number of amidine groups is 1. The standard InChI is InChI=1S/C17H19N5O4S/c1-17(2,20-16(23)11-6-8-19-9-7-11)10-26-13-5-3-4-12-14(13)15(18)22-27(24,25)21-12/h3-9,21H,10H2,1-2H3,(H2,18,22)(H,20,23). The monoisotopic (exact) mass is 389 g/mol. The van der Waals surface area contributed by atoms with Gasteiger partial charge in [0.15, 0.2) is 5.84 Å². The summed E-state index contributed by atoms with van der Waals surface area (Å²) >= 11 is 0. The van der Waals surface area contributed by atoms with E-state index >= 15 is 0 Å². The highest BCUT2D eigenvalue weighted by atomic mass is 32.2. The number of fused-ring (bicyclic) bond motifs is 1. The van der Waals surface area contributed by atoms with Crippen LogP contribution < -0.4 is 20.5 Å². The zero-order valence-corrected chi connectivity index (χ0v) is 15.6. The van der Waals surface area contributed by atoms with Gasteiger partial charge in [-0.3, -0.25) is 14.5 Å². The van der Waals surface area contributed by atoms with E-state index in [1.54, 1.807) is 30.3 Å². The topological polar surface area (TPSA) is 136 Å². The molecule has 4 N–H and O–H groups in total. The van der Waals surface area contributed by atoms with E-state index in [1.165, 1.54) is 12.4 Å². The van der Waals surface area contributed by atoms with E-state index in [-0.39, 0.29) is 18.3 Å². The Hall–Kier alpha value is -3.14. The van der Waals surface area contributed by atoms with Crippen molar-refractivity contribution in [3.8, 4) is 5.75 Å². The first kappa shape index (κ1) is 18.6. The zero-order chi connectivity index (χ0) is 19.7. The third-order valence-corrected chi connectivity index (χ3v) is 4.64. The fourth-order valence-electron chi connectivity index (χ4n) is 2.51. The highest BCUT2D eigenvalue weighted by Crippen LogP contribution is 2.30. The zero-order valence-electron chi connectivity index (χ0n) is 14.8. The van der Waals surface area contributed by atoms with Crippen LogP contribution in [0.25, 0.3) is 0 Å². The molecule has 0 atom stereocenters. The van der Waals surface area contributed by atoms with Gasteiger partial charge in [0.05, 0.1) is 16.8 Å². The number of nitrogens with two attached hydrogens (primary N) is 1. The molecule has 9 nitrogen and oxygen atoms in total. The van der Waals surface area contributed by atoms with Crippen LogP contribution in [0.15, 0.2) is 47.1 Å². The second-order valence-corrected chi connectivity index (χ2v) is 7.93. The van der Waals surface area contributed by atoms with Crippen LogP contribution in [0.3, 0.4) is 0 Å². The number of amides is 1. The van der Waals surface area contributed by atoms with Crippen molar-refractivity contribution < 1.29 is 17.9 Å². The van der Waals surface area contributed by atoms with Gasteiger partial charge in [-0.05, 0) is 38.1 Å². The molecular formula is C17H19N5O4S. The Morgan fingerprint density at radius 1 is 1.26 bits per heavy atom. The van der Waals surface area contributed by atoms with Crippen molar-refractivity contribution in [3.05, 3.63) is 53.9 Å². The molecule has 142 valence electrons. The van der Waals surface area contributed by atoms with E-state index in [0.717, 1.165) is 0 Å². The van der Waals surface area contributed by atoms with Crippen molar-refractivity contribution in [2.75, 3.05) is 11.3 Å². The Kier molecular flexibility index (Phi) is 4.75. The van der Waals surface area contributed by atoms with E-state index in [0.29, 0.717) is 22.6 Å². The number of benzene rings is 1. The molecule has 1 aromatic carbocycles. The lowest BCUT2D eigenvalue weighted by molar-refractivity contribution is 0.0880. The molecule has 0 aliphatic carbocycles. The van der Waals surface area contributed by atoms with Crippen molar-refractivity contribution >= 4 is 27.6 Å². The van der Waals surface area contributed by atoms with Gasteiger partial charge in [-0.25, -0.2) is 0 Å². The van der Waals surface area contributed by atoms with Crippen LogP contribution in [0.2, 0.25) is 0 Å². The molecule has 0 saturated carbocycles. The molecule has 10 heteroatoms. The number of nitrogens with one attached hydrogen (secondary N) is 2. The fourth-order valence-corrected chi connectivity index (χ4v) is 3.36. The molecule has 2 aromatic rings. The maximum atomic E-state index is 12.3. The summed E-state index contributed by atoms with van der Waals surface area (Å²) in [5.41, 5.74) is 6.23. The minimum atomic E-state index is -3.86. The van der Waals surface area contributed by atoms with E-state index in [4.69, 9.17) is 10.5 Å². The molecule has 0 radical (unpaired) electrons. The average Bonchev–Trinajstić information content (AvgIpc) is 2.59. The number of aromatic nitrogens is 1. The molecule has 1 aliphatic rings. The number of pyridine rings is 1. The quantitative estimate of drug-likeness (QED) is 0.699. The SMILES string of the molecule is CC(C)(COc1cccc2c1C(N)=NS(=O)(=O)N2)NC(=O)c1ccncc1. The molecule has 1 amide bonds. The van der Waals surface area contributed by atoms with Crippen LogP contribution in [0, 0.1) is 0 Å². The van der Waals surface area contributed by atoms with Crippen molar-refractivity contribution in [1.29, 1.82) is 0 Å². The first-order valence-corrected chi connectivity index (χ1v) is 9.48. The predicted molar refractivity (Wildman–Crippen MR) is 101 cm³/mol. The lowest BCUT2D eigenvalue weighted by atomic mass is 10.1. The van der Waals surface area contributed by atoms with Crippen molar-refractivity contribution in [1.82, 2.24) is 10.3 Å². The predicted octanol–water partition coefficient (Wildman–Crippen LogP) is 1.04. The number of anilines is 1. The van der Waals surface area contributed by atoms with Crippen LogP contribution >= 0.6 is 0 Å². The first-order chi connectivity index (χ1) is 12.7. The first-order valence-electron chi connectivity index (χ1n) is 8.04. The minimum absolute atomic E-state index is 0.125. The molecule has 3 rings (SSSR count). The molecule has 2 heterocycles. The van der Waals surface area contributed by atoms with Crippen LogP contribution in [0.1, 0.15) is 29.8 Å². The van der Waals surface area contributed by atoms with E-state index in [1.807, 2.05) is 13.8 Å². The van der Waals surface area contributed by atoms with Gasteiger partial charge in [-0.2, -0.15) is 8.42 Å². The van der Waals surface area contributed by atoms with E-state index in [9.17, 15) is 13.2 Å². The fraction of sp³-hybridized carbons (Fsp3) is 0.235. The van der Waals surface area contributed by atoms with Crippen molar-refractivity contribution in [2.24, 2.45) is 10.1 Å². The summed E-state index contributed by atoms with van der Waals surface area (Å²) in [6, 6.07) is 8.09. The number of rotatable bonds is 5. The summed E-state index contributed by atoms with van der Waals surface area (Å²) < 4.78 is 34.9. The molecule has 0 spiro atoms. The highest BCUT2D eigenvalue weighted by Gasteiger charge is 2.27. The van der Waals surface area contributed by atoms with Gasteiger partial charge in [-0.1, -0.05) is 6.07 Å². The number of hydrogen-bond acceptors (Lipinski definition) is 6. The van der Waals surface area contributed by atoms with Gasteiger partial charge < -0.3 is 15.8 Å². The molecular weight excluding hydrogens is 370 g/mol. The smallest absolute Gasteiger partial charge is 0.344 e. The second-order valence-electron chi connectivity index (χ2n) is 6.59. The van der Waals surface area contributed by atoms with Crippen LogP contribution in [-0.2, 0) is 10.2 Å². The van der Waals surface area contributed by atoms with Crippen molar-refractivity contribution in [3.63, 3.8) is 0 Å². The van der Waals surface area contributed by atoms with Gasteiger partial charge in [-0.15, -0.1) is 4.40 Å². The third kappa shape index (κ3) is 4.34. The Morgan fingerprint density at radius 3 is 2.67 bits per heavy atom. The summed E-state index contributed by atoms with van der Waals surface area (Å²) in [4.78, 5) is 16.2. The number of nitrogens with zero attached hydrogens (tertiary/aromatic N) is 2. The van der Waals surface area contributed by atoms with E-state index in [2.05, 4.69) is 19.4 Å². The second kappa shape index (κ2) is 6.88. The Balaban J connectivity index is 1.75. The van der Waals surface area contributed by atoms with Gasteiger partial charge in [0.2, 0.25) is 0 Å². The molecule has 0 unspecified atom stereocenters. The molecule has 0 saturated heterocycles.